The molecule has 1 atom stereocenters. The van der Waals surface area contributed by atoms with Gasteiger partial charge in [-0.1, -0.05) is 43.7 Å². The summed E-state index contributed by atoms with van der Waals surface area (Å²) in [6.45, 7) is 4.10. The molecule has 2 aromatic rings. The number of hydrogen-bond donors (Lipinski definition) is 1. The molecule has 106 valence electrons. The largest absolute Gasteiger partial charge is 0.309 e. The molecular formula is C18H22FN. The van der Waals surface area contributed by atoms with Gasteiger partial charge >= 0.3 is 0 Å². The number of halogens is 1. The van der Waals surface area contributed by atoms with E-state index in [1.54, 1.807) is 12.1 Å². The molecule has 0 aliphatic rings. The van der Waals surface area contributed by atoms with Crippen LogP contribution in [0.2, 0.25) is 0 Å². The molecule has 1 N–H and O–H groups in total. The molecule has 2 aromatic carbocycles. The molecule has 0 bridgehead atoms. The number of rotatable bonds is 5. The fourth-order valence-electron chi connectivity index (χ4n) is 2.62. The highest BCUT2D eigenvalue weighted by atomic mass is 19.1. The lowest BCUT2D eigenvalue weighted by atomic mass is 9.96. The Balaban J connectivity index is 2.31. The number of hydrogen-bond acceptors (Lipinski definition) is 1. The molecule has 0 amide bonds. The number of aryl methyl sites for hydroxylation is 2. The minimum atomic E-state index is -0.178. The standard InChI is InChI=1S/C18H22FN/c1-4-5-14-6-8-15(9-7-14)18(20-3)16-10-13(2)11-17(19)12-16/h6-12,18,20H,4-5H2,1-3H3. The van der Waals surface area contributed by atoms with Gasteiger partial charge in [0.15, 0.2) is 0 Å². The Hall–Kier alpha value is -1.67. The maximum absolute atomic E-state index is 13.6. The van der Waals surface area contributed by atoms with E-state index in [2.05, 4.69) is 36.5 Å². The molecule has 0 aromatic heterocycles. The summed E-state index contributed by atoms with van der Waals surface area (Å²) < 4.78 is 13.6. The molecule has 20 heavy (non-hydrogen) atoms. The van der Waals surface area contributed by atoms with E-state index in [-0.39, 0.29) is 11.9 Å². The molecule has 0 saturated carbocycles. The first kappa shape index (κ1) is 14.7. The highest BCUT2D eigenvalue weighted by molar-refractivity contribution is 5.35. The monoisotopic (exact) mass is 271 g/mol. The Morgan fingerprint density at radius 2 is 1.75 bits per heavy atom. The van der Waals surface area contributed by atoms with Gasteiger partial charge in [-0.2, -0.15) is 0 Å². The van der Waals surface area contributed by atoms with Crippen LogP contribution >= 0.6 is 0 Å². The Labute approximate surface area is 120 Å². The van der Waals surface area contributed by atoms with E-state index in [4.69, 9.17) is 0 Å². The van der Waals surface area contributed by atoms with Crippen molar-refractivity contribution in [2.45, 2.75) is 32.7 Å². The first-order valence-electron chi connectivity index (χ1n) is 7.17. The van der Waals surface area contributed by atoms with Gasteiger partial charge in [0.1, 0.15) is 5.82 Å². The summed E-state index contributed by atoms with van der Waals surface area (Å²) >= 11 is 0. The third kappa shape index (κ3) is 3.45. The van der Waals surface area contributed by atoms with Crippen molar-refractivity contribution in [1.29, 1.82) is 0 Å². The van der Waals surface area contributed by atoms with Gasteiger partial charge < -0.3 is 5.32 Å². The second-order valence-electron chi connectivity index (χ2n) is 5.28. The normalized spacial score (nSPS) is 12.4. The Morgan fingerprint density at radius 1 is 1.05 bits per heavy atom. The first-order chi connectivity index (χ1) is 9.63. The van der Waals surface area contributed by atoms with E-state index >= 15 is 0 Å². The molecule has 0 aliphatic heterocycles. The van der Waals surface area contributed by atoms with Gasteiger partial charge in [-0.25, -0.2) is 4.39 Å². The van der Waals surface area contributed by atoms with Gasteiger partial charge in [0, 0.05) is 0 Å². The van der Waals surface area contributed by atoms with Crippen molar-refractivity contribution in [2.24, 2.45) is 0 Å². The molecular weight excluding hydrogens is 249 g/mol. The van der Waals surface area contributed by atoms with Crippen molar-refractivity contribution in [1.82, 2.24) is 5.32 Å². The van der Waals surface area contributed by atoms with Crippen LogP contribution in [0.15, 0.2) is 42.5 Å². The molecule has 2 heteroatoms. The van der Waals surface area contributed by atoms with E-state index in [0.717, 1.165) is 29.5 Å². The lowest BCUT2D eigenvalue weighted by Gasteiger charge is -2.18. The zero-order chi connectivity index (χ0) is 14.5. The van der Waals surface area contributed by atoms with E-state index in [1.165, 1.54) is 5.56 Å². The minimum Gasteiger partial charge on any atom is -0.309 e. The predicted octanol–water partition coefficient (Wildman–Crippen LogP) is 4.40. The van der Waals surface area contributed by atoms with E-state index in [1.807, 2.05) is 20.0 Å². The second-order valence-corrected chi connectivity index (χ2v) is 5.28. The third-order valence-electron chi connectivity index (χ3n) is 3.54. The summed E-state index contributed by atoms with van der Waals surface area (Å²) in [5.74, 6) is -0.178. The number of benzene rings is 2. The average Bonchev–Trinajstić information content (AvgIpc) is 2.41. The van der Waals surface area contributed by atoms with Crippen molar-refractivity contribution in [2.75, 3.05) is 7.05 Å². The van der Waals surface area contributed by atoms with Crippen molar-refractivity contribution < 1.29 is 4.39 Å². The second kappa shape index (κ2) is 6.67. The summed E-state index contributed by atoms with van der Waals surface area (Å²) in [5.41, 5.74) is 4.43. The van der Waals surface area contributed by atoms with Crippen LogP contribution in [0.25, 0.3) is 0 Å². The van der Waals surface area contributed by atoms with Gasteiger partial charge in [-0.3, -0.25) is 0 Å². The summed E-state index contributed by atoms with van der Waals surface area (Å²) in [5, 5.41) is 3.27. The van der Waals surface area contributed by atoms with Crippen molar-refractivity contribution in [3.05, 3.63) is 70.5 Å². The van der Waals surface area contributed by atoms with Crippen LogP contribution in [-0.2, 0) is 6.42 Å². The maximum Gasteiger partial charge on any atom is 0.123 e. The molecule has 2 rings (SSSR count). The Bertz CT molecular complexity index is 540. The summed E-state index contributed by atoms with van der Waals surface area (Å²) in [4.78, 5) is 0. The van der Waals surface area contributed by atoms with E-state index in [9.17, 15) is 4.39 Å². The summed E-state index contributed by atoms with van der Waals surface area (Å²) in [7, 11) is 1.91. The zero-order valence-corrected chi connectivity index (χ0v) is 12.4. The molecule has 0 aliphatic carbocycles. The topological polar surface area (TPSA) is 12.0 Å². The fourth-order valence-corrected chi connectivity index (χ4v) is 2.62. The molecule has 0 fully saturated rings. The number of nitrogens with one attached hydrogen (secondary N) is 1. The third-order valence-corrected chi connectivity index (χ3v) is 3.54. The summed E-state index contributed by atoms with van der Waals surface area (Å²) in [6, 6.07) is 13.8. The minimum absolute atomic E-state index is 0.0278. The van der Waals surface area contributed by atoms with Gasteiger partial charge in [0.2, 0.25) is 0 Å². The van der Waals surface area contributed by atoms with Gasteiger partial charge in [-0.05, 0) is 54.8 Å². The van der Waals surface area contributed by atoms with Gasteiger partial charge in [0.05, 0.1) is 6.04 Å². The van der Waals surface area contributed by atoms with Crippen LogP contribution in [0.5, 0.6) is 0 Å². The highest BCUT2D eigenvalue weighted by Crippen LogP contribution is 2.24. The smallest absolute Gasteiger partial charge is 0.123 e. The summed E-state index contributed by atoms with van der Waals surface area (Å²) in [6.07, 6.45) is 2.25. The quantitative estimate of drug-likeness (QED) is 0.850. The van der Waals surface area contributed by atoms with Crippen molar-refractivity contribution in [3.63, 3.8) is 0 Å². The van der Waals surface area contributed by atoms with Gasteiger partial charge in [-0.15, -0.1) is 0 Å². The Kier molecular flexibility index (Phi) is 4.91. The van der Waals surface area contributed by atoms with Crippen LogP contribution in [0.3, 0.4) is 0 Å². The van der Waals surface area contributed by atoms with E-state index in [0.29, 0.717) is 0 Å². The van der Waals surface area contributed by atoms with Crippen molar-refractivity contribution in [3.8, 4) is 0 Å². The maximum atomic E-state index is 13.6. The molecule has 1 unspecified atom stereocenters. The van der Waals surface area contributed by atoms with Crippen LogP contribution in [-0.4, -0.2) is 7.05 Å². The molecule has 1 nitrogen and oxygen atoms in total. The van der Waals surface area contributed by atoms with Crippen LogP contribution in [0.1, 0.15) is 41.6 Å². The van der Waals surface area contributed by atoms with E-state index < -0.39 is 0 Å². The van der Waals surface area contributed by atoms with Crippen LogP contribution in [0.4, 0.5) is 4.39 Å². The van der Waals surface area contributed by atoms with Crippen molar-refractivity contribution >= 4 is 0 Å². The lowest BCUT2D eigenvalue weighted by molar-refractivity contribution is 0.615. The molecule has 0 radical (unpaired) electrons. The van der Waals surface area contributed by atoms with Gasteiger partial charge in [0.25, 0.3) is 0 Å². The van der Waals surface area contributed by atoms with Crippen LogP contribution < -0.4 is 5.32 Å². The average molecular weight is 271 g/mol. The fraction of sp³-hybridized carbons (Fsp3) is 0.333. The highest BCUT2D eigenvalue weighted by Gasteiger charge is 2.13. The SMILES string of the molecule is CCCc1ccc(C(NC)c2cc(C)cc(F)c2)cc1. The first-order valence-corrected chi connectivity index (χ1v) is 7.17. The zero-order valence-electron chi connectivity index (χ0n) is 12.4. The molecule has 0 spiro atoms. The predicted molar refractivity (Wildman–Crippen MR) is 82.5 cm³/mol. The van der Waals surface area contributed by atoms with Crippen LogP contribution in [0, 0.1) is 12.7 Å². The molecule has 0 heterocycles. The Morgan fingerprint density at radius 3 is 2.30 bits per heavy atom. The lowest BCUT2D eigenvalue weighted by Crippen LogP contribution is -2.18. The molecule has 0 saturated heterocycles.